The Morgan fingerprint density at radius 2 is 0.679 bits per heavy atom. The van der Waals surface area contributed by atoms with Gasteiger partial charge in [0, 0.05) is 10.8 Å². The van der Waals surface area contributed by atoms with Gasteiger partial charge in [0.1, 0.15) is 15.7 Å². The Bertz CT molecular complexity index is 2730. The largest absolute Gasteiger partial charge is 0.462 e. The van der Waals surface area contributed by atoms with Gasteiger partial charge in [-0.1, -0.05) is 194 Å². The quantitative estimate of drug-likeness (QED) is 0.0174. The SMILES string of the molecule is CC(C)(O)C(C)(C)O.CC(C)(O)C(C)(C)O.CCCCCCCCCCCCOC(=O)c1c(CCCCCC)c2ccsc2c2sccc12.[B]c1cc2c(CCCCCC)c(C(=O)OCCCCCCCCCCCC)c3cc([B])sc3c2s1. The minimum absolute atomic E-state index is 0.118. The number of rotatable bonds is 36. The lowest BCUT2D eigenvalue weighted by Gasteiger charge is -2.31. The molecule has 0 amide bonds. The second kappa shape index (κ2) is 39.3. The molecule has 0 unspecified atom stereocenters. The van der Waals surface area contributed by atoms with Gasteiger partial charge in [-0.05, 0) is 148 Å². The van der Waals surface area contributed by atoms with Crippen LogP contribution in [0, 0.1) is 0 Å². The zero-order chi connectivity index (χ0) is 62.4. The number of thiophene rings is 4. The summed E-state index contributed by atoms with van der Waals surface area (Å²) in [7, 11) is 12.4. The van der Waals surface area contributed by atoms with Crippen molar-refractivity contribution in [3.05, 3.63) is 57.3 Å². The minimum Gasteiger partial charge on any atom is -0.462 e. The Labute approximate surface area is 527 Å². The van der Waals surface area contributed by atoms with Crippen molar-refractivity contribution < 1.29 is 39.5 Å². The fourth-order valence-corrected chi connectivity index (χ4v) is 13.7. The van der Waals surface area contributed by atoms with E-state index < -0.39 is 22.4 Å². The van der Waals surface area contributed by atoms with Crippen molar-refractivity contribution in [2.75, 3.05) is 13.2 Å². The number of aryl methyl sites for hydroxylation is 2. The van der Waals surface area contributed by atoms with Gasteiger partial charge in [-0.25, -0.2) is 9.59 Å². The Balaban J connectivity index is 0.000000350. The summed E-state index contributed by atoms with van der Waals surface area (Å²) in [5.41, 5.74) is -0.189. The molecule has 14 heteroatoms. The number of benzene rings is 2. The molecule has 4 radical (unpaired) electrons. The number of hydrogen-bond donors (Lipinski definition) is 4. The van der Waals surface area contributed by atoms with E-state index >= 15 is 0 Å². The normalized spacial score (nSPS) is 12.1. The third kappa shape index (κ3) is 25.7. The van der Waals surface area contributed by atoms with Crippen LogP contribution >= 0.6 is 45.3 Å². The van der Waals surface area contributed by atoms with Crippen molar-refractivity contribution in [2.45, 2.75) is 298 Å². The highest BCUT2D eigenvalue weighted by Crippen LogP contribution is 2.41. The van der Waals surface area contributed by atoms with Crippen LogP contribution in [-0.4, -0.2) is 83.7 Å². The van der Waals surface area contributed by atoms with Gasteiger partial charge in [0.2, 0.25) is 0 Å². The summed E-state index contributed by atoms with van der Waals surface area (Å²) in [5.74, 6) is -0.325. The number of fused-ring (bicyclic) bond motifs is 6. The molecule has 0 spiro atoms. The molecule has 0 saturated heterocycles. The van der Waals surface area contributed by atoms with E-state index in [2.05, 4.69) is 50.6 Å². The minimum atomic E-state index is -1.01. The van der Waals surface area contributed by atoms with Crippen LogP contribution in [0.2, 0.25) is 0 Å². The number of aliphatic hydroxyl groups is 4. The topological polar surface area (TPSA) is 134 Å². The molecule has 84 heavy (non-hydrogen) atoms. The van der Waals surface area contributed by atoms with Gasteiger partial charge in [0.05, 0.1) is 65.5 Å². The van der Waals surface area contributed by atoms with Gasteiger partial charge in [-0.2, -0.15) is 22.7 Å². The molecule has 4 N–H and O–H groups in total. The number of hydrogen-bond acceptors (Lipinski definition) is 12. The van der Waals surface area contributed by atoms with E-state index in [1.807, 2.05) is 12.1 Å². The lowest BCUT2D eigenvalue weighted by molar-refractivity contribution is -0.107. The lowest BCUT2D eigenvalue weighted by Crippen LogP contribution is -2.44. The molecule has 4 heterocycles. The van der Waals surface area contributed by atoms with Crippen LogP contribution in [0.5, 0.6) is 0 Å². The van der Waals surface area contributed by atoms with Crippen LogP contribution in [0.15, 0.2) is 35.0 Å². The van der Waals surface area contributed by atoms with Crippen LogP contribution in [0.4, 0.5) is 0 Å². The van der Waals surface area contributed by atoms with E-state index in [0.717, 1.165) is 104 Å². The van der Waals surface area contributed by atoms with Crippen LogP contribution in [0.25, 0.3) is 40.3 Å². The molecule has 6 aromatic rings. The molecule has 0 fully saturated rings. The first kappa shape index (κ1) is 75.4. The summed E-state index contributed by atoms with van der Waals surface area (Å²) in [5, 5.41) is 45.1. The van der Waals surface area contributed by atoms with Gasteiger partial charge in [-0.3, -0.25) is 0 Å². The first-order chi connectivity index (χ1) is 39.8. The average Bonchev–Trinajstić information content (AvgIpc) is 1.80. The molecule has 0 bridgehead atoms. The highest BCUT2D eigenvalue weighted by Gasteiger charge is 2.33. The zero-order valence-electron chi connectivity index (χ0n) is 54.3. The Morgan fingerprint density at radius 3 is 1.05 bits per heavy atom. The molecule has 0 aliphatic rings. The molecule has 0 aliphatic carbocycles. The Hall–Kier alpha value is -2.81. The first-order valence-electron chi connectivity index (χ1n) is 32.5. The fourth-order valence-electron chi connectivity index (χ4n) is 9.66. The maximum absolute atomic E-state index is 13.4. The second-order valence-electron chi connectivity index (χ2n) is 25.3. The summed E-state index contributed by atoms with van der Waals surface area (Å²) in [4.78, 5) is 26.7. The van der Waals surface area contributed by atoms with E-state index in [-0.39, 0.29) is 11.9 Å². The average molecular weight is 1230 g/mol. The van der Waals surface area contributed by atoms with Crippen LogP contribution in [0.1, 0.15) is 295 Å². The van der Waals surface area contributed by atoms with E-state index in [1.165, 1.54) is 167 Å². The monoisotopic (exact) mass is 1230 g/mol. The first-order valence-corrected chi connectivity index (χ1v) is 35.9. The predicted molar refractivity (Wildman–Crippen MR) is 370 cm³/mol. The van der Waals surface area contributed by atoms with Crippen LogP contribution in [-0.2, 0) is 22.3 Å². The fraction of sp³-hybridized carbons (Fsp3) is 0.686. The highest BCUT2D eigenvalue weighted by molar-refractivity contribution is 7.33. The summed E-state index contributed by atoms with van der Waals surface area (Å²) in [6, 6.07) is 8.30. The van der Waals surface area contributed by atoms with E-state index in [9.17, 15) is 9.59 Å². The van der Waals surface area contributed by atoms with Gasteiger partial charge in [0.25, 0.3) is 0 Å². The maximum Gasteiger partial charge on any atom is 0.339 e. The number of carbonyl (C=O) groups excluding carboxylic acids is 2. The van der Waals surface area contributed by atoms with E-state index in [0.29, 0.717) is 18.8 Å². The van der Waals surface area contributed by atoms with Crippen molar-refractivity contribution in [2.24, 2.45) is 0 Å². The number of unbranched alkanes of at least 4 members (excludes halogenated alkanes) is 24. The molecule has 0 aliphatic heterocycles. The van der Waals surface area contributed by atoms with Gasteiger partial charge in [-0.15, -0.1) is 22.7 Å². The molecular formula is C70H110B2O8S4. The molecule has 0 saturated carbocycles. The van der Waals surface area contributed by atoms with Crippen molar-refractivity contribution in [1.29, 1.82) is 0 Å². The third-order valence-electron chi connectivity index (χ3n) is 16.5. The predicted octanol–water partition coefficient (Wildman–Crippen LogP) is 19.3. The standard InChI is InChI=1S/C29H40B2O2S2.C29H42O2S2.2C6H14O2/c1-3-5-7-9-10-11-12-13-14-16-18-33-29(32)26-21(17-15-8-6-4-2)22-19-24(30)34-27(22)28-23(26)20-25(31)35-28;1-3-5-7-9-10-11-12-13-14-16-20-31-29(30)26-23(17-15-8-6-4-2)24-18-21-32-27(24)28-25(26)19-22-33-28;2*1-5(2,7)6(3,4)8/h19-20H,3-18H2,1-2H3;18-19,21-22H,3-17,20H2,1-2H3;2*7-8H,1-4H3. The molecule has 0 atom stereocenters. The second-order valence-corrected chi connectivity index (χ2v) is 29.3. The maximum atomic E-state index is 13.4. The van der Waals surface area contributed by atoms with Crippen molar-refractivity contribution in [3.63, 3.8) is 0 Å². The molecule has 468 valence electrons. The zero-order valence-corrected chi connectivity index (χ0v) is 57.6. The summed E-state index contributed by atoms with van der Waals surface area (Å²) < 4.78 is 18.0. The summed E-state index contributed by atoms with van der Waals surface area (Å²) >= 11 is 6.66. The third-order valence-corrected chi connectivity index (χ3v) is 20.5. The molecular weight excluding hydrogens is 1120 g/mol. The highest BCUT2D eigenvalue weighted by atomic mass is 32.1. The summed E-state index contributed by atoms with van der Waals surface area (Å²) in [6.45, 7) is 22.6. The number of ether oxygens (including phenoxy) is 2. The van der Waals surface area contributed by atoms with E-state index in [4.69, 9.17) is 45.6 Å². The summed E-state index contributed by atoms with van der Waals surface area (Å²) in [6.07, 6.45) is 36.8. The number of carbonyl (C=O) groups is 2. The van der Waals surface area contributed by atoms with Crippen molar-refractivity contribution >= 4 is 123 Å². The van der Waals surface area contributed by atoms with E-state index in [1.54, 1.807) is 89.4 Å². The Morgan fingerprint density at radius 1 is 0.393 bits per heavy atom. The number of esters is 2. The van der Waals surface area contributed by atoms with Crippen LogP contribution in [0.3, 0.4) is 0 Å². The van der Waals surface area contributed by atoms with Crippen molar-refractivity contribution in [3.8, 4) is 0 Å². The molecule has 6 rings (SSSR count). The van der Waals surface area contributed by atoms with Gasteiger partial charge in [0.15, 0.2) is 0 Å². The smallest absolute Gasteiger partial charge is 0.339 e. The van der Waals surface area contributed by atoms with Crippen molar-refractivity contribution in [1.82, 2.24) is 0 Å². The van der Waals surface area contributed by atoms with Gasteiger partial charge < -0.3 is 29.9 Å². The lowest BCUT2D eigenvalue weighted by atomic mass is 9.90. The van der Waals surface area contributed by atoms with Crippen LogP contribution < -0.4 is 9.55 Å². The molecule has 8 nitrogen and oxygen atoms in total. The molecule has 2 aromatic carbocycles. The Kier molecular flexibility index (Phi) is 35.3. The van der Waals surface area contributed by atoms with Gasteiger partial charge >= 0.3 is 11.9 Å². The molecule has 4 aromatic heterocycles.